The summed E-state index contributed by atoms with van der Waals surface area (Å²) in [7, 11) is 0. The Morgan fingerprint density at radius 2 is 1.71 bits per heavy atom. The lowest BCUT2D eigenvalue weighted by atomic mass is 10.0. The summed E-state index contributed by atoms with van der Waals surface area (Å²) in [6.45, 7) is 1.91. The van der Waals surface area contributed by atoms with E-state index in [-0.39, 0.29) is 6.54 Å². The third-order valence-electron chi connectivity index (χ3n) is 4.70. The van der Waals surface area contributed by atoms with Gasteiger partial charge in [-0.3, -0.25) is 4.79 Å². The fourth-order valence-corrected chi connectivity index (χ4v) is 4.52. The standard InChI is InChI=1S/C23H18ClNO2S/c1-15-23(28-19-10-8-18(24)9-11-19)20-13-17(16-5-3-2-4-6-16)7-12-21(20)25(15)14-22(26)27/h2-13H,14H2,1H3,(H,26,27). The molecule has 0 fully saturated rings. The Labute approximate surface area is 172 Å². The highest BCUT2D eigenvalue weighted by Gasteiger charge is 2.17. The molecule has 0 spiro atoms. The molecule has 4 rings (SSSR count). The van der Waals surface area contributed by atoms with Gasteiger partial charge >= 0.3 is 5.97 Å². The number of carbonyl (C=O) groups is 1. The monoisotopic (exact) mass is 407 g/mol. The van der Waals surface area contributed by atoms with E-state index in [0.29, 0.717) is 5.02 Å². The van der Waals surface area contributed by atoms with Crippen LogP contribution in [0, 0.1) is 6.92 Å². The van der Waals surface area contributed by atoms with Gasteiger partial charge in [-0.15, -0.1) is 0 Å². The number of fused-ring (bicyclic) bond motifs is 1. The van der Waals surface area contributed by atoms with Gasteiger partial charge in [-0.1, -0.05) is 59.8 Å². The van der Waals surface area contributed by atoms with E-state index >= 15 is 0 Å². The summed E-state index contributed by atoms with van der Waals surface area (Å²) in [5, 5.41) is 11.1. The van der Waals surface area contributed by atoms with Crippen LogP contribution in [0.15, 0.2) is 82.6 Å². The van der Waals surface area contributed by atoms with Crippen LogP contribution in [0.1, 0.15) is 5.69 Å². The van der Waals surface area contributed by atoms with E-state index in [2.05, 4.69) is 18.2 Å². The van der Waals surface area contributed by atoms with Gasteiger partial charge in [0.05, 0.1) is 0 Å². The number of aromatic nitrogens is 1. The predicted molar refractivity (Wildman–Crippen MR) is 115 cm³/mol. The molecule has 1 heterocycles. The first-order valence-corrected chi connectivity index (χ1v) is 10.1. The lowest BCUT2D eigenvalue weighted by Gasteiger charge is -2.05. The summed E-state index contributed by atoms with van der Waals surface area (Å²) >= 11 is 7.64. The topological polar surface area (TPSA) is 42.2 Å². The number of aliphatic carboxylic acids is 1. The average Bonchev–Trinajstić information content (AvgIpc) is 2.95. The maximum atomic E-state index is 11.4. The highest BCUT2D eigenvalue weighted by molar-refractivity contribution is 7.99. The van der Waals surface area contributed by atoms with Crippen LogP contribution < -0.4 is 0 Å². The summed E-state index contributed by atoms with van der Waals surface area (Å²) in [5.74, 6) is -0.852. The first-order chi connectivity index (χ1) is 13.5. The SMILES string of the molecule is Cc1c(Sc2ccc(Cl)cc2)c2cc(-c3ccccc3)ccc2n1CC(=O)O. The van der Waals surface area contributed by atoms with E-state index in [4.69, 9.17) is 11.6 Å². The zero-order valence-corrected chi connectivity index (χ0v) is 16.8. The molecule has 140 valence electrons. The molecule has 0 unspecified atom stereocenters. The number of carboxylic acid groups (broad SMARTS) is 1. The molecule has 3 aromatic carbocycles. The van der Waals surface area contributed by atoms with Crippen molar-refractivity contribution in [1.29, 1.82) is 0 Å². The number of hydrogen-bond acceptors (Lipinski definition) is 2. The Morgan fingerprint density at radius 3 is 2.39 bits per heavy atom. The zero-order chi connectivity index (χ0) is 19.7. The van der Waals surface area contributed by atoms with Crippen LogP contribution in [0.5, 0.6) is 0 Å². The molecular formula is C23H18ClNO2S. The molecule has 0 bridgehead atoms. The van der Waals surface area contributed by atoms with Gasteiger partial charge in [0, 0.05) is 31.4 Å². The van der Waals surface area contributed by atoms with Crippen LogP contribution in [-0.4, -0.2) is 15.6 Å². The van der Waals surface area contributed by atoms with Crippen LogP contribution in [0.25, 0.3) is 22.0 Å². The largest absolute Gasteiger partial charge is 0.480 e. The van der Waals surface area contributed by atoms with Gasteiger partial charge in [-0.25, -0.2) is 0 Å². The fraction of sp³-hybridized carbons (Fsp3) is 0.0870. The van der Waals surface area contributed by atoms with Gasteiger partial charge in [0.15, 0.2) is 0 Å². The van der Waals surface area contributed by atoms with Gasteiger partial charge in [0.2, 0.25) is 0 Å². The molecule has 1 aromatic heterocycles. The van der Waals surface area contributed by atoms with Crippen molar-refractivity contribution in [3.05, 3.63) is 83.5 Å². The van der Waals surface area contributed by atoms with E-state index in [9.17, 15) is 9.90 Å². The third-order valence-corrected chi connectivity index (χ3v) is 6.18. The minimum atomic E-state index is -0.852. The van der Waals surface area contributed by atoms with Crippen LogP contribution >= 0.6 is 23.4 Å². The number of carboxylic acids is 1. The third kappa shape index (κ3) is 3.66. The van der Waals surface area contributed by atoms with E-state index in [0.717, 1.165) is 37.5 Å². The molecule has 1 N–H and O–H groups in total. The number of rotatable bonds is 5. The summed E-state index contributed by atoms with van der Waals surface area (Å²) in [5.41, 5.74) is 4.12. The van der Waals surface area contributed by atoms with Crippen molar-refractivity contribution in [2.24, 2.45) is 0 Å². The highest BCUT2D eigenvalue weighted by Crippen LogP contribution is 2.40. The molecular weight excluding hydrogens is 390 g/mol. The number of benzene rings is 3. The molecule has 3 nitrogen and oxygen atoms in total. The van der Waals surface area contributed by atoms with Gasteiger partial charge in [0.1, 0.15) is 6.54 Å². The number of hydrogen-bond donors (Lipinski definition) is 1. The normalized spacial score (nSPS) is 11.1. The molecule has 0 aliphatic rings. The van der Waals surface area contributed by atoms with Gasteiger partial charge in [0.25, 0.3) is 0 Å². The molecule has 0 aliphatic heterocycles. The molecule has 5 heteroatoms. The molecule has 4 aromatic rings. The Morgan fingerprint density at radius 1 is 1.00 bits per heavy atom. The van der Waals surface area contributed by atoms with Gasteiger partial charge < -0.3 is 9.67 Å². The van der Waals surface area contributed by atoms with Crippen molar-refractivity contribution in [2.45, 2.75) is 23.3 Å². The second-order valence-corrected chi connectivity index (χ2v) is 8.07. The first kappa shape index (κ1) is 18.7. The van der Waals surface area contributed by atoms with Crippen molar-refractivity contribution < 1.29 is 9.90 Å². The van der Waals surface area contributed by atoms with Crippen LogP contribution in [-0.2, 0) is 11.3 Å². The second kappa shape index (κ2) is 7.74. The van der Waals surface area contributed by atoms with Crippen molar-refractivity contribution in [3.8, 4) is 11.1 Å². The Hall–Kier alpha value is -2.69. The molecule has 0 saturated carbocycles. The van der Waals surface area contributed by atoms with Crippen LogP contribution in [0.3, 0.4) is 0 Å². The van der Waals surface area contributed by atoms with Crippen LogP contribution in [0.2, 0.25) is 5.02 Å². The van der Waals surface area contributed by atoms with Crippen molar-refractivity contribution in [3.63, 3.8) is 0 Å². The highest BCUT2D eigenvalue weighted by atomic mass is 35.5. The summed E-state index contributed by atoms with van der Waals surface area (Å²) in [6, 6.07) is 24.1. The first-order valence-electron chi connectivity index (χ1n) is 8.86. The fourth-order valence-electron chi connectivity index (χ4n) is 3.35. The molecule has 0 saturated heterocycles. The summed E-state index contributed by atoms with van der Waals surface area (Å²) in [6.07, 6.45) is 0. The summed E-state index contributed by atoms with van der Waals surface area (Å²) < 4.78 is 1.87. The maximum Gasteiger partial charge on any atom is 0.323 e. The molecule has 0 atom stereocenters. The second-order valence-electron chi connectivity index (χ2n) is 6.55. The number of nitrogens with zero attached hydrogens (tertiary/aromatic N) is 1. The minimum absolute atomic E-state index is 0.0613. The predicted octanol–water partition coefficient (Wildman–Crippen LogP) is 6.51. The van der Waals surface area contributed by atoms with Crippen molar-refractivity contribution >= 4 is 40.2 Å². The van der Waals surface area contributed by atoms with E-state index in [1.165, 1.54) is 0 Å². The van der Waals surface area contributed by atoms with Gasteiger partial charge in [-0.05, 0) is 54.4 Å². The van der Waals surface area contributed by atoms with E-state index in [1.807, 2.05) is 66.1 Å². The lowest BCUT2D eigenvalue weighted by Crippen LogP contribution is -2.09. The van der Waals surface area contributed by atoms with Gasteiger partial charge in [-0.2, -0.15) is 0 Å². The van der Waals surface area contributed by atoms with E-state index in [1.54, 1.807) is 11.8 Å². The lowest BCUT2D eigenvalue weighted by molar-refractivity contribution is -0.137. The zero-order valence-electron chi connectivity index (χ0n) is 15.2. The van der Waals surface area contributed by atoms with Crippen molar-refractivity contribution in [2.75, 3.05) is 0 Å². The Kier molecular flexibility index (Phi) is 5.16. The van der Waals surface area contributed by atoms with E-state index < -0.39 is 5.97 Å². The molecule has 0 radical (unpaired) electrons. The van der Waals surface area contributed by atoms with Crippen LogP contribution in [0.4, 0.5) is 0 Å². The smallest absolute Gasteiger partial charge is 0.323 e. The van der Waals surface area contributed by atoms with Crippen molar-refractivity contribution in [1.82, 2.24) is 4.57 Å². The quantitative estimate of drug-likeness (QED) is 0.410. The average molecular weight is 408 g/mol. The Balaban J connectivity index is 1.88. The maximum absolute atomic E-state index is 11.4. The minimum Gasteiger partial charge on any atom is -0.480 e. The molecule has 0 amide bonds. The number of halogens is 1. The Bertz CT molecular complexity index is 1150. The molecule has 0 aliphatic carbocycles. The molecule has 28 heavy (non-hydrogen) atoms. The summed E-state index contributed by atoms with van der Waals surface area (Å²) in [4.78, 5) is 13.5.